The second-order valence-electron chi connectivity index (χ2n) is 8.36. The molecule has 0 fully saturated rings. The number of aromatic nitrogens is 5. The van der Waals surface area contributed by atoms with Crippen LogP contribution < -0.4 is 4.90 Å². The molecule has 0 spiro atoms. The number of carboxylic acid groups (broad SMARTS) is 1. The number of carboxylic acids is 1. The van der Waals surface area contributed by atoms with Crippen molar-refractivity contribution < 1.29 is 9.90 Å². The molecule has 0 amide bonds. The average molecular weight is 441 g/mol. The largest absolute Gasteiger partial charge is 0.477 e. The molecule has 8 heteroatoms. The topological polar surface area (TPSA) is 88.5 Å². The average Bonchev–Trinajstić information content (AvgIpc) is 3.41. The summed E-state index contributed by atoms with van der Waals surface area (Å²) in [6.07, 6.45) is 5.17. The normalized spacial score (nSPS) is 11.5. The molecule has 33 heavy (non-hydrogen) atoms. The molecule has 8 nitrogen and oxygen atoms in total. The van der Waals surface area contributed by atoms with Gasteiger partial charge in [-0.3, -0.25) is 0 Å². The minimum absolute atomic E-state index is 0.0666. The quantitative estimate of drug-likeness (QED) is 0.413. The number of benzene rings is 1. The Balaban J connectivity index is 1.73. The molecule has 4 heterocycles. The Morgan fingerprint density at radius 2 is 1.91 bits per heavy atom. The van der Waals surface area contributed by atoms with Crippen LogP contribution in [0.15, 0.2) is 67.1 Å². The molecule has 0 aliphatic heterocycles. The van der Waals surface area contributed by atoms with E-state index in [2.05, 4.69) is 40.6 Å². The second kappa shape index (κ2) is 8.05. The molecule has 1 N–H and O–H groups in total. The molecule has 5 aromatic rings. The molecule has 0 saturated carbocycles. The predicted molar refractivity (Wildman–Crippen MR) is 128 cm³/mol. The maximum atomic E-state index is 11.9. The molecule has 0 aliphatic carbocycles. The first kappa shape index (κ1) is 20.7. The molecule has 1 aromatic carbocycles. The first-order valence-corrected chi connectivity index (χ1v) is 10.8. The van der Waals surface area contributed by atoms with Crippen LogP contribution in [0, 0.1) is 0 Å². The molecule has 0 aliphatic rings. The maximum Gasteiger partial charge on any atom is 0.341 e. The van der Waals surface area contributed by atoms with E-state index in [1.807, 2.05) is 54.5 Å². The van der Waals surface area contributed by atoms with Gasteiger partial charge in [0, 0.05) is 49.0 Å². The van der Waals surface area contributed by atoms with Crippen LogP contribution in [0.25, 0.3) is 27.9 Å². The van der Waals surface area contributed by atoms with Crippen LogP contribution in [0.2, 0.25) is 0 Å². The fourth-order valence-corrected chi connectivity index (χ4v) is 4.13. The molecule has 166 valence electrons. The summed E-state index contributed by atoms with van der Waals surface area (Å²) in [5.41, 5.74) is 3.97. The van der Waals surface area contributed by atoms with Crippen molar-refractivity contribution in [2.45, 2.75) is 26.4 Å². The third-order valence-corrected chi connectivity index (χ3v) is 5.76. The number of pyridine rings is 1. The lowest BCUT2D eigenvalue weighted by molar-refractivity contribution is 0.0698. The molecule has 0 unspecified atom stereocenters. The zero-order chi connectivity index (χ0) is 23.1. The van der Waals surface area contributed by atoms with E-state index in [4.69, 9.17) is 4.98 Å². The van der Waals surface area contributed by atoms with Crippen molar-refractivity contribution in [3.63, 3.8) is 0 Å². The van der Waals surface area contributed by atoms with E-state index in [1.165, 1.54) is 6.20 Å². The molecule has 0 atom stereocenters. The Morgan fingerprint density at radius 1 is 1.12 bits per heavy atom. The molecule has 4 aromatic heterocycles. The number of nitrogens with zero attached hydrogens (tertiary/aromatic N) is 6. The minimum atomic E-state index is -1.06. The predicted octanol–water partition coefficient (Wildman–Crippen LogP) is 4.66. The van der Waals surface area contributed by atoms with Gasteiger partial charge < -0.3 is 14.6 Å². The van der Waals surface area contributed by atoms with Crippen LogP contribution in [0.5, 0.6) is 0 Å². The van der Waals surface area contributed by atoms with Crippen LogP contribution in [0.3, 0.4) is 0 Å². The Labute approximate surface area is 190 Å². The Kier molecular flexibility index (Phi) is 5.05. The summed E-state index contributed by atoms with van der Waals surface area (Å²) >= 11 is 0. The minimum Gasteiger partial charge on any atom is -0.477 e. The first-order valence-electron chi connectivity index (χ1n) is 10.8. The summed E-state index contributed by atoms with van der Waals surface area (Å²) in [4.78, 5) is 23.3. The molecular weight excluding hydrogens is 416 g/mol. The van der Waals surface area contributed by atoms with Gasteiger partial charge in [0.15, 0.2) is 5.65 Å². The summed E-state index contributed by atoms with van der Waals surface area (Å²) < 4.78 is 3.70. The highest BCUT2D eigenvalue weighted by molar-refractivity contribution is 5.97. The van der Waals surface area contributed by atoms with Gasteiger partial charge in [-0.05, 0) is 31.5 Å². The van der Waals surface area contributed by atoms with Crippen molar-refractivity contribution in [2.75, 3.05) is 11.9 Å². The van der Waals surface area contributed by atoms with Gasteiger partial charge in [0.25, 0.3) is 0 Å². The lowest BCUT2D eigenvalue weighted by atomic mass is 10.1. The van der Waals surface area contributed by atoms with Gasteiger partial charge in [-0.15, -0.1) is 0 Å². The number of anilines is 1. The van der Waals surface area contributed by atoms with Crippen LogP contribution in [0.1, 0.15) is 35.8 Å². The summed E-state index contributed by atoms with van der Waals surface area (Å²) in [5, 5.41) is 15.0. The van der Waals surface area contributed by atoms with E-state index in [1.54, 1.807) is 10.7 Å². The third kappa shape index (κ3) is 3.59. The van der Waals surface area contributed by atoms with Crippen molar-refractivity contribution in [3.05, 3.63) is 78.2 Å². The van der Waals surface area contributed by atoms with Gasteiger partial charge in [-0.1, -0.05) is 30.3 Å². The summed E-state index contributed by atoms with van der Waals surface area (Å²) in [6, 6.07) is 16.2. The number of hydrogen-bond acceptors (Lipinski definition) is 5. The number of aromatic carboxylic acids is 1. The van der Waals surface area contributed by atoms with Crippen LogP contribution >= 0.6 is 0 Å². The summed E-state index contributed by atoms with van der Waals surface area (Å²) in [7, 11) is 1.96. The Bertz CT molecular complexity index is 1470. The zero-order valence-electron chi connectivity index (χ0n) is 18.7. The van der Waals surface area contributed by atoms with Crippen molar-refractivity contribution in [1.82, 2.24) is 24.1 Å². The fourth-order valence-electron chi connectivity index (χ4n) is 4.13. The van der Waals surface area contributed by atoms with E-state index in [0.29, 0.717) is 17.9 Å². The van der Waals surface area contributed by atoms with Crippen LogP contribution in [-0.2, 0) is 6.54 Å². The molecule has 0 saturated heterocycles. The Hall–Kier alpha value is -4.20. The summed E-state index contributed by atoms with van der Waals surface area (Å²) in [5.74, 6) is -0.307. The van der Waals surface area contributed by atoms with E-state index in [9.17, 15) is 9.90 Å². The number of carbonyl (C=O) groups is 1. The Morgan fingerprint density at radius 3 is 2.64 bits per heavy atom. The molecule has 0 radical (unpaired) electrons. The van der Waals surface area contributed by atoms with Gasteiger partial charge in [0.05, 0.1) is 11.9 Å². The first-order chi connectivity index (χ1) is 15.9. The van der Waals surface area contributed by atoms with Gasteiger partial charge in [-0.25, -0.2) is 14.8 Å². The lowest BCUT2D eigenvalue weighted by Crippen LogP contribution is -2.20. The van der Waals surface area contributed by atoms with Gasteiger partial charge in [0.1, 0.15) is 17.0 Å². The van der Waals surface area contributed by atoms with Crippen LogP contribution in [0.4, 0.5) is 5.82 Å². The van der Waals surface area contributed by atoms with Crippen molar-refractivity contribution in [2.24, 2.45) is 0 Å². The molecule has 0 bridgehead atoms. The van der Waals surface area contributed by atoms with Crippen molar-refractivity contribution in [3.8, 4) is 11.3 Å². The highest BCUT2D eigenvalue weighted by atomic mass is 16.4. The van der Waals surface area contributed by atoms with Gasteiger partial charge >= 0.3 is 5.97 Å². The number of hydrogen-bond donors (Lipinski definition) is 1. The van der Waals surface area contributed by atoms with Gasteiger partial charge in [0.2, 0.25) is 0 Å². The summed E-state index contributed by atoms with van der Waals surface area (Å²) in [6.45, 7) is 4.84. The van der Waals surface area contributed by atoms with Crippen molar-refractivity contribution in [1.29, 1.82) is 0 Å². The van der Waals surface area contributed by atoms with E-state index in [0.717, 1.165) is 28.0 Å². The molecular formula is C25H24N6O2. The van der Waals surface area contributed by atoms with Crippen LogP contribution in [-0.4, -0.2) is 42.3 Å². The standard InChI is InChI=1S/C25H24N6O2/c1-16(2)30-15-20(18-10-7-11-26-23(18)30)21-12-22(29(3)14-17-8-5-4-6-9-17)31-24(28-21)19(13-27-31)25(32)33/h4-13,15-16H,14H2,1-3H3,(H,32,33). The SMILES string of the molecule is CC(C)n1cc(-c2cc(N(C)Cc3ccccc3)n3ncc(C(=O)O)c3n2)c2cccnc21. The van der Waals surface area contributed by atoms with Crippen molar-refractivity contribution >= 4 is 28.5 Å². The molecule has 5 rings (SSSR count). The number of fused-ring (bicyclic) bond motifs is 2. The van der Waals surface area contributed by atoms with E-state index in [-0.39, 0.29) is 11.6 Å². The number of rotatable bonds is 6. The van der Waals surface area contributed by atoms with Gasteiger partial charge in [-0.2, -0.15) is 9.61 Å². The fraction of sp³-hybridized carbons (Fsp3) is 0.200. The lowest BCUT2D eigenvalue weighted by Gasteiger charge is -2.21. The monoisotopic (exact) mass is 440 g/mol. The third-order valence-electron chi connectivity index (χ3n) is 5.76. The zero-order valence-corrected chi connectivity index (χ0v) is 18.7. The highest BCUT2D eigenvalue weighted by Gasteiger charge is 2.21. The highest BCUT2D eigenvalue weighted by Crippen LogP contribution is 2.33. The smallest absolute Gasteiger partial charge is 0.341 e. The second-order valence-corrected chi connectivity index (χ2v) is 8.36. The van der Waals surface area contributed by atoms with E-state index >= 15 is 0 Å². The van der Waals surface area contributed by atoms with E-state index < -0.39 is 5.97 Å². The maximum absolute atomic E-state index is 11.9.